The monoisotopic (exact) mass is 270 g/mol. The van der Waals surface area contributed by atoms with Crippen LogP contribution in [0.3, 0.4) is 0 Å². The van der Waals surface area contributed by atoms with E-state index in [4.69, 9.17) is 5.73 Å². The molecule has 4 heteroatoms. The minimum Gasteiger partial charge on any atom is -0.351 e. The van der Waals surface area contributed by atoms with Gasteiger partial charge in [0.05, 0.1) is 5.25 Å². The predicted octanol–water partition coefficient (Wildman–Crippen LogP) is 2.30. The minimum atomic E-state index is 0.177. The lowest BCUT2D eigenvalue weighted by Crippen LogP contribution is -2.49. The number of amides is 1. The second-order valence-corrected chi connectivity index (χ2v) is 6.91. The van der Waals surface area contributed by atoms with Crippen LogP contribution in [0.15, 0.2) is 0 Å². The molecule has 1 amide bonds. The molecule has 18 heavy (non-hydrogen) atoms. The molecule has 0 aromatic carbocycles. The molecule has 0 aromatic heterocycles. The fourth-order valence-corrected chi connectivity index (χ4v) is 4.34. The molecule has 104 valence electrons. The smallest absolute Gasteiger partial charge is 0.233 e. The number of rotatable bonds is 4. The van der Waals surface area contributed by atoms with Crippen LogP contribution in [0.2, 0.25) is 0 Å². The van der Waals surface area contributed by atoms with Crippen LogP contribution in [0.1, 0.15) is 51.4 Å². The molecule has 1 aliphatic heterocycles. The number of thioether (sulfide) groups is 1. The lowest BCUT2D eigenvalue weighted by atomic mass is 9.84. The molecular formula is C14H26N2OS. The zero-order valence-corrected chi connectivity index (χ0v) is 12.0. The van der Waals surface area contributed by atoms with Crippen molar-refractivity contribution >= 4 is 17.7 Å². The second-order valence-electron chi connectivity index (χ2n) is 5.60. The standard InChI is InChI=1S/C14H26N2OS/c15-10-12(11-6-2-1-3-7-11)16-14(17)13-8-4-5-9-18-13/h11-13H,1-10,15H2,(H,16,17). The summed E-state index contributed by atoms with van der Waals surface area (Å²) >= 11 is 1.82. The van der Waals surface area contributed by atoms with Gasteiger partial charge in [0, 0.05) is 12.6 Å². The highest BCUT2D eigenvalue weighted by Gasteiger charge is 2.28. The van der Waals surface area contributed by atoms with Crippen LogP contribution in [0.25, 0.3) is 0 Å². The Bertz CT molecular complexity index is 261. The third kappa shape index (κ3) is 3.89. The summed E-state index contributed by atoms with van der Waals surface area (Å²) in [5.74, 6) is 1.98. The maximum absolute atomic E-state index is 12.2. The summed E-state index contributed by atoms with van der Waals surface area (Å²) < 4.78 is 0. The summed E-state index contributed by atoms with van der Waals surface area (Å²) in [5.41, 5.74) is 5.86. The van der Waals surface area contributed by atoms with Crippen molar-refractivity contribution in [1.82, 2.24) is 5.32 Å². The van der Waals surface area contributed by atoms with Gasteiger partial charge in [0.25, 0.3) is 0 Å². The maximum atomic E-state index is 12.2. The van der Waals surface area contributed by atoms with Gasteiger partial charge in [0.2, 0.25) is 5.91 Å². The molecule has 1 saturated heterocycles. The van der Waals surface area contributed by atoms with Crippen LogP contribution in [-0.4, -0.2) is 29.5 Å². The van der Waals surface area contributed by atoms with Crippen molar-refractivity contribution in [2.45, 2.75) is 62.7 Å². The highest BCUT2D eigenvalue weighted by Crippen LogP contribution is 2.28. The van der Waals surface area contributed by atoms with Crippen molar-refractivity contribution in [3.63, 3.8) is 0 Å². The molecule has 3 N–H and O–H groups in total. The highest BCUT2D eigenvalue weighted by atomic mass is 32.2. The molecule has 3 nitrogen and oxygen atoms in total. The summed E-state index contributed by atoms with van der Waals surface area (Å²) in [4.78, 5) is 12.2. The molecule has 0 bridgehead atoms. The van der Waals surface area contributed by atoms with E-state index in [0.29, 0.717) is 12.5 Å². The topological polar surface area (TPSA) is 55.1 Å². The molecule has 0 radical (unpaired) electrons. The Balaban J connectivity index is 1.82. The molecule has 1 aliphatic carbocycles. The molecule has 2 aliphatic rings. The third-order valence-corrected chi connectivity index (χ3v) is 5.65. The van der Waals surface area contributed by atoms with Crippen molar-refractivity contribution in [3.8, 4) is 0 Å². The Morgan fingerprint density at radius 1 is 1.17 bits per heavy atom. The number of nitrogens with two attached hydrogens (primary N) is 1. The van der Waals surface area contributed by atoms with Crippen LogP contribution in [0.4, 0.5) is 0 Å². The van der Waals surface area contributed by atoms with Gasteiger partial charge in [0.15, 0.2) is 0 Å². The summed E-state index contributed by atoms with van der Waals surface area (Å²) in [5, 5.41) is 3.40. The molecule has 2 rings (SSSR count). The van der Waals surface area contributed by atoms with Crippen molar-refractivity contribution in [1.29, 1.82) is 0 Å². The van der Waals surface area contributed by atoms with Gasteiger partial charge >= 0.3 is 0 Å². The van der Waals surface area contributed by atoms with Gasteiger partial charge in [-0.05, 0) is 37.4 Å². The summed E-state index contributed by atoms with van der Waals surface area (Å²) in [7, 11) is 0. The van der Waals surface area contributed by atoms with Gasteiger partial charge in [0.1, 0.15) is 0 Å². The van der Waals surface area contributed by atoms with Crippen molar-refractivity contribution in [2.24, 2.45) is 11.7 Å². The Kier molecular flexibility index (Phi) is 5.83. The Labute approximate surface area is 115 Å². The average Bonchev–Trinajstić information content (AvgIpc) is 2.46. The molecule has 1 saturated carbocycles. The van der Waals surface area contributed by atoms with E-state index in [9.17, 15) is 4.79 Å². The second kappa shape index (κ2) is 7.39. The van der Waals surface area contributed by atoms with Gasteiger partial charge in [-0.1, -0.05) is 25.7 Å². The van der Waals surface area contributed by atoms with Crippen molar-refractivity contribution in [3.05, 3.63) is 0 Å². The van der Waals surface area contributed by atoms with E-state index < -0.39 is 0 Å². The van der Waals surface area contributed by atoms with Crippen LogP contribution in [0.5, 0.6) is 0 Å². The Morgan fingerprint density at radius 3 is 2.50 bits per heavy atom. The largest absolute Gasteiger partial charge is 0.351 e. The highest BCUT2D eigenvalue weighted by molar-refractivity contribution is 8.00. The first-order chi connectivity index (χ1) is 8.81. The molecular weight excluding hydrogens is 244 g/mol. The van der Waals surface area contributed by atoms with Gasteiger partial charge in [-0.2, -0.15) is 0 Å². The number of hydrogen-bond donors (Lipinski definition) is 2. The number of carbonyl (C=O) groups excluding carboxylic acids is 1. The predicted molar refractivity (Wildman–Crippen MR) is 77.7 cm³/mol. The van der Waals surface area contributed by atoms with Crippen LogP contribution < -0.4 is 11.1 Å². The van der Waals surface area contributed by atoms with E-state index in [-0.39, 0.29) is 17.2 Å². The normalized spacial score (nSPS) is 27.7. The molecule has 2 atom stereocenters. The Hall–Kier alpha value is -0.220. The van der Waals surface area contributed by atoms with Gasteiger partial charge in [-0.25, -0.2) is 0 Å². The fourth-order valence-electron chi connectivity index (χ4n) is 3.13. The lowest BCUT2D eigenvalue weighted by molar-refractivity contribution is -0.121. The number of nitrogens with one attached hydrogen (secondary N) is 1. The van der Waals surface area contributed by atoms with Gasteiger partial charge in [-0.3, -0.25) is 4.79 Å². The van der Waals surface area contributed by atoms with E-state index in [2.05, 4.69) is 5.32 Å². The number of hydrogen-bond acceptors (Lipinski definition) is 3. The Morgan fingerprint density at radius 2 is 1.89 bits per heavy atom. The van der Waals surface area contributed by atoms with Crippen LogP contribution in [-0.2, 0) is 4.79 Å². The zero-order valence-electron chi connectivity index (χ0n) is 11.2. The zero-order chi connectivity index (χ0) is 12.8. The molecule has 2 fully saturated rings. The average molecular weight is 270 g/mol. The molecule has 2 unspecified atom stereocenters. The first kappa shape index (κ1) is 14.2. The van der Waals surface area contributed by atoms with E-state index in [1.54, 1.807) is 0 Å². The van der Waals surface area contributed by atoms with E-state index in [1.807, 2.05) is 11.8 Å². The minimum absolute atomic E-state index is 0.177. The van der Waals surface area contributed by atoms with Crippen LogP contribution in [0, 0.1) is 5.92 Å². The molecule has 0 aromatic rings. The summed E-state index contributed by atoms with van der Waals surface area (Å²) in [6.07, 6.45) is 9.92. The first-order valence-corrected chi connectivity index (χ1v) is 8.48. The number of carbonyl (C=O) groups is 1. The summed E-state index contributed by atoms with van der Waals surface area (Å²) in [6, 6.07) is 0.209. The van der Waals surface area contributed by atoms with Gasteiger partial charge in [-0.15, -0.1) is 11.8 Å². The lowest BCUT2D eigenvalue weighted by Gasteiger charge is -2.31. The van der Waals surface area contributed by atoms with Crippen molar-refractivity contribution < 1.29 is 4.79 Å². The fraction of sp³-hybridized carbons (Fsp3) is 0.929. The van der Waals surface area contributed by atoms with Crippen LogP contribution >= 0.6 is 11.8 Å². The van der Waals surface area contributed by atoms with E-state index in [1.165, 1.54) is 44.9 Å². The van der Waals surface area contributed by atoms with E-state index in [0.717, 1.165) is 12.2 Å². The third-order valence-electron chi connectivity index (χ3n) is 4.27. The molecule has 1 heterocycles. The molecule has 0 spiro atoms. The quantitative estimate of drug-likeness (QED) is 0.824. The summed E-state index contributed by atoms with van der Waals surface area (Å²) in [6.45, 7) is 0.591. The van der Waals surface area contributed by atoms with E-state index >= 15 is 0 Å². The maximum Gasteiger partial charge on any atom is 0.233 e. The van der Waals surface area contributed by atoms with Crippen molar-refractivity contribution in [2.75, 3.05) is 12.3 Å². The van der Waals surface area contributed by atoms with Gasteiger partial charge < -0.3 is 11.1 Å². The first-order valence-electron chi connectivity index (χ1n) is 7.43. The SMILES string of the molecule is NCC(NC(=O)C1CCCCS1)C1CCCCC1.